The first-order valence-electron chi connectivity index (χ1n) is 9.89. The van der Waals surface area contributed by atoms with Crippen molar-refractivity contribution in [2.45, 2.75) is 39.5 Å². The van der Waals surface area contributed by atoms with E-state index < -0.39 is 24.0 Å². The Kier molecular flexibility index (Phi) is 8.31. The lowest BCUT2D eigenvalue weighted by molar-refractivity contribution is -0.127. The van der Waals surface area contributed by atoms with Gasteiger partial charge >= 0.3 is 12.0 Å². The van der Waals surface area contributed by atoms with Crippen LogP contribution in [0.25, 0.3) is 0 Å². The minimum Gasteiger partial charge on any atom is -0.449 e. The van der Waals surface area contributed by atoms with Crippen LogP contribution in [-0.4, -0.2) is 47.9 Å². The van der Waals surface area contributed by atoms with E-state index in [0.29, 0.717) is 6.54 Å². The van der Waals surface area contributed by atoms with Crippen LogP contribution in [0.4, 0.5) is 4.79 Å². The van der Waals surface area contributed by atoms with Crippen LogP contribution < -0.4 is 10.6 Å². The number of urea groups is 1. The van der Waals surface area contributed by atoms with Crippen molar-refractivity contribution in [2.24, 2.45) is 0 Å². The molecule has 0 saturated heterocycles. The molecule has 8 heteroatoms. The van der Waals surface area contributed by atoms with E-state index in [0.717, 1.165) is 5.56 Å². The number of imide groups is 1. The monoisotopic (exact) mass is 425 g/mol. The number of rotatable bonds is 7. The molecular weight excluding hydrogens is 398 g/mol. The van der Waals surface area contributed by atoms with Crippen LogP contribution >= 0.6 is 0 Å². The van der Waals surface area contributed by atoms with Gasteiger partial charge in [-0.3, -0.25) is 14.9 Å². The maximum atomic E-state index is 12.9. The largest absolute Gasteiger partial charge is 0.449 e. The highest BCUT2D eigenvalue weighted by Gasteiger charge is 2.25. The van der Waals surface area contributed by atoms with Crippen molar-refractivity contribution >= 4 is 23.8 Å². The van der Waals surface area contributed by atoms with Crippen molar-refractivity contribution in [3.8, 4) is 0 Å². The number of nitrogens with one attached hydrogen (secondary N) is 2. The SMILES string of the molecule is CC(C)NC(=O)NC(=O)[C@H](C)OC(=O)c1ccccc1C(=O)N(C)Cc1ccccc1. The van der Waals surface area contributed by atoms with Crippen LogP contribution in [0.2, 0.25) is 0 Å². The third-order valence-electron chi connectivity index (χ3n) is 4.30. The molecule has 2 aromatic carbocycles. The van der Waals surface area contributed by atoms with Gasteiger partial charge in [-0.05, 0) is 38.5 Å². The molecule has 2 rings (SSSR count). The van der Waals surface area contributed by atoms with Gasteiger partial charge < -0.3 is 15.0 Å². The third-order valence-corrected chi connectivity index (χ3v) is 4.30. The molecule has 0 heterocycles. The Labute approximate surface area is 181 Å². The van der Waals surface area contributed by atoms with Crippen molar-refractivity contribution in [3.63, 3.8) is 0 Å². The van der Waals surface area contributed by atoms with Crippen molar-refractivity contribution in [3.05, 3.63) is 71.3 Å². The number of carbonyl (C=O) groups excluding carboxylic acids is 4. The first kappa shape index (κ1) is 23.6. The van der Waals surface area contributed by atoms with Crippen LogP contribution in [0.1, 0.15) is 47.1 Å². The Morgan fingerprint density at radius 3 is 2.10 bits per heavy atom. The summed E-state index contributed by atoms with van der Waals surface area (Å²) >= 11 is 0. The highest BCUT2D eigenvalue weighted by Crippen LogP contribution is 2.15. The average molecular weight is 425 g/mol. The summed E-state index contributed by atoms with van der Waals surface area (Å²) in [5.41, 5.74) is 1.15. The molecule has 0 aliphatic heterocycles. The number of benzene rings is 2. The number of hydrogen-bond donors (Lipinski definition) is 2. The van der Waals surface area contributed by atoms with Gasteiger partial charge in [-0.2, -0.15) is 0 Å². The summed E-state index contributed by atoms with van der Waals surface area (Å²) in [6.45, 7) is 5.21. The molecule has 0 radical (unpaired) electrons. The van der Waals surface area contributed by atoms with E-state index in [9.17, 15) is 19.2 Å². The van der Waals surface area contributed by atoms with E-state index in [2.05, 4.69) is 10.6 Å². The van der Waals surface area contributed by atoms with Gasteiger partial charge in [0.25, 0.3) is 11.8 Å². The lowest BCUT2D eigenvalue weighted by atomic mass is 10.1. The smallest absolute Gasteiger partial charge is 0.339 e. The molecule has 31 heavy (non-hydrogen) atoms. The normalized spacial score (nSPS) is 11.4. The van der Waals surface area contributed by atoms with Crippen LogP contribution in [0, 0.1) is 0 Å². The fourth-order valence-corrected chi connectivity index (χ4v) is 2.77. The lowest BCUT2D eigenvalue weighted by Gasteiger charge is -2.19. The number of ether oxygens (including phenoxy) is 1. The Bertz CT molecular complexity index is 943. The predicted molar refractivity (Wildman–Crippen MR) is 115 cm³/mol. The van der Waals surface area contributed by atoms with Gasteiger partial charge in [-0.25, -0.2) is 9.59 Å². The Balaban J connectivity index is 2.08. The number of amides is 4. The molecule has 0 fully saturated rings. The third kappa shape index (κ3) is 6.95. The molecule has 164 valence electrons. The van der Waals surface area contributed by atoms with Crippen LogP contribution in [0.3, 0.4) is 0 Å². The van der Waals surface area contributed by atoms with Gasteiger partial charge in [0.15, 0.2) is 6.10 Å². The molecule has 2 N–H and O–H groups in total. The minimum atomic E-state index is -1.23. The number of carbonyl (C=O) groups is 4. The lowest BCUT2D eigenvalue weighted by Crippen LogP contribution is -2.46. The van der Waals surface area contributed by atoms with Crippen molar-refractivity contribution < 1.29 is 23.9 Å². The van der Waals surface area contributed by atoms with Gasteiger partial charge in [0.1, 0.15) is 0 Å². The second-order valence-corrected chi connectivity index (χ2v) is 7.36. The molecule has 0 bridgehead atoms. The number of nitrogens with zero attached hydrogens (tertiary/aromatic N) is 1. The molecule has 0 saturated carbocycles. The van der Waals surface area contributed by atoms with E-state index in [1.165, 1.54) is 24.0 Å². The first-order valence-corrected chi connectivity index (χ1v) is 9.89. The average Bonchev–Trinajstić information content (AvgIpc) is 2.73. The molecule has 0 aliphatic rings. The minimum absolute atomic E-state index is 0.0405. The van der Waals surface area contributed by atoms with Gasteiger partial charge in [0.2, 0.25) is 0 Å². The Morgan fingerprint density at radius 2 is 1.48 bits per heavy atom. The Morgan fingerprint density at radius 1 is 0.903 bits per heavy atom. The molecule has 0 aliphatic carbocycles. The maximum absolute atomic E-state index is 12.9. The van der Waals surface area contributed by atoms with Crippen molar-refractivity contribution in [1.29, 1.82) is 0 Å². The number of esters is 1. The summed E-state index contributed by atoms with van der Waals surface area (Å²) in [6, 6.07) is 14.9. The van der Waals surface area contributed by atoms with Crippen LogP contribution in [0.15, 0.2) is 54.6 Å². The summed E-state index contributed by atoms with van der Waals surface area (Å²) in [7, 11) is 1.64. The van der Waals surface area contributed by atoms with Crippen molar-refractivity contribution in [2.75, 3.05) is 7.05 Å². The van der Waals surface area contributed by atoms with Gasteiger partial charge in [0.05, 0.1) is 11.1 Å². The highest BCUT2D eigenvalue weighted by atomic mass is 16.5. The van der Waals surface area contributed by atoms with Crippen molar-refractivity contribution in [1.82, 2.24) is 15.5 Å². The topological polar surface area (TPSA) is 105 Å². The molecule has 0 spiro atoms. The predicted octanol–water partition coefficient (Wildman–Crippen LogP) is 2.74. The summed E-state index contributed by atoms with van der Waals surface area (Å²) in [5.74, 6) is -1.95. The fraction of sp³-hybridized carbons (Fsp3) is 0.304. The standard InChI is InChI=1S/C23H27N3O5/c1-15(2)24-23(30)25-20(27)16(3)31-22(29)19-13-9-8-12-18(19)21(28)26(4)14-17-10-6-5-7-11-17/h5-13,15-16H,14H2,1-4H3,(H2,24,25,27,30)/t16-/m0/s1. The van der Waals surface area contributed by atoms with E-state index in [1.807, 2.05) is 30.3 Å². The number of hydrogen-bond acceptors (Lipinski definition) is 5. The van der Waals surface area contributed by atoms with Gasteiger partial charge in [-0.1, -0.05) is 42.5 Å². The van der Waals surface area contributed by atoms with Crippen LogP contribution in [-0.2, 0) is 16.1 Å². The molecule has 2 aromatic rings. The zero-order valence-corrected chi connectivity index (χ0v) is 18.0. The second kappa shape index (κ2) is 10.9. The van der Waals surface area contributed by atoms with Gasteiger partial charge in [0, 0.05) is 19.6 Å². The summed E-state index contributed by atoms with van der Waals surface area (Å²) in [5, 5.41) is 4.62. The molecular formula is C23H27N3O5. The highest BCUT2D eigenvalue weighted by molar-refractivity contribution is 6.06. The summed E-state index contributed by atoms with van der Waals surface area (Å²) in [6.07, 6.45) is -1.23. The maximum Gasteiger partial charge on any atom is 0.339 e. The Hall–Kier alpha value is -3.68. The zero-order chi connectivity index (χ0) is 23.0. The summed E-state index contributed by atoms with van der Waals surface area (Å²) in [4.78, 5) is 50.8. The first-order chi connectivity index (χ1) is 14.7. The van der Waals surface area contributed by atoms with Gasteiger partial charge in [-0.15, -0.1) is 0 Å². The van der Waals surface area contributed by atoms with E-state index in [4.69, 9.17) is 4.74 Å². The summed E-state index contributed by atoms with van der Waals surface area (Å²) < 4.78 is 5.19. The second-order valence-electron chi connectivity index (χ2n) is 7.36. The molecule has 4 amide bonds. The molecule has 0 unspecified atom stereocenters. The zero-order valence-electron chi connectivity index (χ0n) is 18.0. The fourth-order valence-electron chi connectivity index (χ4n) is 2.77. The van der Waals surface area contributed by atoms with E-state index >= 15 is 0 Å². The van der Waals surface area contributed by atoms with E-state index in [1.54, 1.807) is 33.0 Å². The molecule has 0 aromatic heterocycles. The molecule has 1 atom stereocenters. The van der Waals surface area contributed by atoms with E-state index in [-0.39, 0.29) is 23.1 Å². The quantitative estimate of drug-likeness (QED) is 0.664. The van der Waals surface area contributed by atoms with Crippen LogP contribution in [0.5, 0.6) is 0 Å². The molecule has 8 nitrogen and oxygen atoms in total.